The van der Waals surface area contributed by atoms with E-state index < -0.39 is 0 Å². The number of rotatable bonds is 4. The average molecular weight is 426 g/mol. The van der Waals surface area contributed by atoms with Crippen LogP contribution in [0.4, 0.5) is 5.69 Å². The Hall–Kier alpha value is -4.26. The van der Waals surface area contributed by atoms with Crippen LogP contribution >= 0.6 is 0 Å². The van der Waals surface area contributed by atoms with Crippen molar-refractivity contribution in [2.75, 3.05) is 19.4 Å². The first-order valence-corrected chi connectivity index (χ1v) is 10.0. The predicted octanol–water partition coefficient (Wildman–Crippen LogP) is 3.55. The second-order valence-corrected chi connectivity index (χ2v) is 7.63. The van der Waals surface area contributed by atoms with Crippen LogP contribution in [0.2, 0.25) is 0 Å². The standard InChI is InChI=1S/C25H22N4O3/c1-28(2)24(31)18-12-14-19(15-13-18)26-23(30)17-10-8-16(9-11-17)22-20-6-4-5-7-21(20)25(32)29(3)27-22/h4-15H,1-3H3,(H,26,30). The first kappa shape index (κ1) is 21.0. The van der Waals surface area contributed by atoms with Gasteiger partial charge in [-0.1, -0.05) is 30.3 Å². The van der Waals surface area contributed by atoms with Gasteiger partial charge in [0.1, 0.15) is 0 Å². The van der Waals surface area contributed by atoms with Crippen LogP contribution in [0, 0.1) is 0 Å². The summed E-state index contributed by atoms with van der Waals surface area (Å²) in [6.07, 6.45) is 0. The third kappa shape index (κ3) is 4.00. The van der Waals surface area contributed by atoms with Gasteiger partial charge in [0.05, 0.1) is 11.1 Å². The molecule has 4 rings (SSSR count). The number of amides is 2. The molecule has 0 spiro atoms. The molecular weight excluding hydrogens is 404 g/mol. The molecule has 0 bridgehead atoms. The van der Waals surface area contributed by atoms with Crippen LogP contribution in [0.5, 0.6) is 0 Å². The lowest BCUT2D eigenvalue weighted by Crippen LogP contribution is -2.21. The Morgan fingerprint density at radius 2 is 1.44 bits per heavy atom. The summed E-state index contributed by atoms with van der Waals surface area (Å²) in [5.41, 5.74) is 2.96. The molecule has 1 aromatic heterocycles. The molecule has 0 fully saturated rings. The van der Waals surface area contributed by atoms with Crippen LogP contribution < -0.4 is 10.9 Å². The molecule has 7 nitrogen and oxygen atoms in total. The van der Waals surface area contributed by atoms with Crippen molar-refractivity contribution < 1.29 is 9.59 Å². The van der Waals surface area contributed by atoms with Crippen LogP contribution in [-0.2, 0) is 7.05 Å². The van der Waals surface area contributed by atoms with Gasteiger partial charge in [0.15, 0.2) is 0 Å². The van der Waals surface area contributed by atoms with Crippen molar-refractivity contribution in [3.05, 3.63) is 94.3 Å². The Bertz CT molecular complexity index is 1370. The van der Waals surface area contributed by atoms with Crippen molar-refractivity contribution in [3.63, 3.8) is 0 Å². The zero-order valence-corrected chi connectivity index (χ0v) is 18.0. The highest BCUT2D eigenvalue weighted by Crippen LogP contribution is 2.25. The highest BCUT2D eigenvalue weighted by molar-refractivity contribution is 6.05. The maximum Gasteiger partial charge on any atom is 0.274 e. The Kier molecular flexibility index (Phi) is 5.55. The Morgan fingerprint density at radius 3 is 2.06 bits per heavy atom. The number of fused-ring (bicyclic) bond motifs is 1. The zero-order chi connectivity index (χ0) is 22.8. The van der Waals surface area contributed by atoms with E-state index in [0.29, 0.717) is 27.9 Å². The maximum atomic E-state index is 12.7. The second-order valence-electron chi connectivity index (χ2n) is 7.63. The molecule has 0 atom stereocenters. The molecule has 0 aliphatic rings. The lowest BCUT2D eigenvalue weighted by atomic mass is 10.0. The van der Waals surface area contributed by atoms with Gasteiger partial charge in [-0.25, -0.2) is 4.68 Å². The van der Waals surface area contributed by atoms with Gasteiger partial charge in [0.25, 0.3) is 17.4 Å². The summed E-state index contributed by atoms with van der Waals surface area (Å²) < 4.78 is 1.32. The summed E-state index contributed by atoms with van der Waals surface area (Å²) in [6, 6.07) is 21.1. The number of nitrogens with zero attached hydrogens (tertiary/aromatic N) is 3. The van der Waals surface area contributed by atoms with Gasteiger partial charge >= 0.3 is 0 Å². The molecule has 0 aliphatic carbocycles. The number of aryl methyl sites for hydroxylation is 1. The minimum absolute atomic E-state index is 0.0991. The molecule has 7 heteroatoms. The maximum absolute atomic E-state index is 12.7. The van der Waals surface area contributed by atoms with E-state index in [1.165, 1.54) is 9.58 Å². The highest BCUT2D eigenvalue weighted by Gasteiger charge is 2.13. The number of carbonyl (C=O) groups excluding carboxylic acids is 2. The summed E-state index contributed by atoms with van der Waals surface area (Å²) in [5, 5.41) is 8.61. The number of benzene rings is 3. The molecular formula is C25H22N4O3. The lowest BCUT2D eigenvalue weighted by Gasteiger charge is -2.11. The Labute approximate surface area is 184 Å². The molecule has 0 aliphatic heterocycles. The molecule has 3 aromatic carbocycles. The molecule has 0 saturated heterocycles. The molecule has 2 amide bonds. The number of anilines is 1. The first-order chi connectivity index (χ1) is 15.3. The number of hydrogen-bond acceptors (Lipinski definition) is 4. The van der Waals surface area contributed by atoms with Crippen molar-refractivity contribution in [3.8, 4) is 11.3 Å². The molecule has 1 N–H and O–H groups in total. The van der Waals surface area contributed by atoms with E-state index in [1.807, 2.05) is 30.3 Å². The molecule has 0 unspecified atom stereocenters. The van der Waals surface area contributed by atoms with Gasteiger partial charge in [-0.15, -0.1) is 0 Å². The normalized spacial score (nSPS) is 10.7. The summed E-state index contributed by atoms with van der Waals surface area (Å²) in [6.45, 7) is 0. The first-order valence-electron chi connectivity index (χ1n) is 10.0. The van der Waals surface area contributed by atoms with Crippen LogP contribution in [0.3, 0.4) is 0 Å². The second kappa shape index (κ2) is 8.47. The fourth-order valence-corrected chi connectivity index (χ4v) is 3.45. The molecule has 0 radical (unpaired) electrons. The van der Waals surface area contributed by atoms with Crippen LogP contribution in [0.25, 0.3) is 22.0 Å². The van der Waals surface area contributed by atoms with Crippen molar-refractivity contribution in [2.45, 2.75) is 0 Å². The van der Waals surface area contributed by atoms with E-state index in [2.05, 4.69) is 10.4 Å². The largest absolute Gasteiger partial charge is 0.345 e. The Balaban J connectivity index is 1.56. The smallest absolute Gasteiger partial charge is 0.274 e. The molecule has 1 heterocycles. The van der Waals surface area contributed by atoms with E-state index in [4.69, 9.17) is 0 Å². The zero-order valence-electron chi connectivity index (χ0n) is 18.0. The van der Waals surface area contributed by atoms with Crippen molar-refractivity contribution in [1.82, 2.24) is 14.7 Å². The molecule has 32 heavy (non-hydrogen) atoms. The minimum Gasteiger partial charge on any atom is -0.345 e. The summed E-state index contributed by atoms with van der Waals surface area (Å²) in [5.74, 6) is -0.362. The highest BCUT2D eigenvalue weighted by atomic mass is 16.2. The van der Waals surface area contributed by atoms with Gasteiger partial charge in [-0.2, -0.15) is 5.10 Å². The Morgan fingerprint density at radius 1 is 0.844 bits per heavy atom. The average Bonchev–Trinajstić information content (AvgIpc) is 2.81. The van der Waals surface area contributed by atoms with Gasteiger partial charge < -0.3 is 10.2 Å². The van der Waals surface area contributed by atoms with Gasteiger partial charge in [-0.3, -0.25) is 14.4 Å². The van der Waals surface area contributed by atoms with E-state index in [1.54, 1.807) is 63.6 Å². The van der Waals surface area contributed by atoms with Crippen molar-refractivity contribution in [2.24, 2.45) is 7.05 Å². The quantitative estimate of drug-likeness (QED) is 0.541. The summed E-state index contributed by atoms with van der Waals surface area (Å²) in [7, 11) is 5.00. The molecule has 160 valence electrons. The molecule has 0 saturated carbocycles. The van der Waals surface area contributed by atoms with Gasteiger partial charge in [0.2, 0.25) is 0 Å². The van der Waals surface area contributed by atoms with Crippen LogP contribution in [0.15, 0.2) is 77.6 Å². The van der Waals surface area contributed by atoms with E-state index in [0.717, 1.165) is 10.9 Å². The van der Waals surface area contributed by atoms with Crippen molar-refractivity contribution >= 4 is 28.3 Å². The molecule has 4 aromatic rings. The number of aromatic nitrogens is 2. The van der Waals surface area contributed by atoms with Gasteiger partial charge in [-0.05, 0) is 42.5 Å². The van der Waals surface area contributed by atoms with E-state index >= 15 is 0 Å². The lowest BCUT2D eigenvalue weighted by molar-refractivity contribution is 0.0827. The van der Waals surface area contributed by atoms with E-state index in [9.17, 15) is 14.4 Å². The van der Waals surface area contributed by atoms with Crippen molar-refractivity contribution in [1.29, 1.82) is 0 Å². The third-order valence-electron chi connectivity index (χ3n) is 5.17. The fraction of sp³-hybridized carbons (Fsp3) is 0.120. The number of hydrogen-bond donors (Lipinski definition) is 1. The predicted molar refractivity (Wildman–Crippen MR) is 125 cm³/mol. The third-order valence-corrected chi connectivity index (χ3v) is 5.17. The van der Waals surface area contributed by atoms with Crippen LogP contribution in [0.1, 0.15) is 20.7 Å². The van der Waals surface area contributed by atoms with E-state index in [-0.39, 0.29) is 17.4 Å². The summed E-state index contributed by atoms with van der Waals surface area (Å²) >= 11 is 0. The van der Waals surface area contributed by atoms with Gasteiger partial charge in [0, 0.05) is 48.9 Å². The SMILES string of the molecule is CN(C)C(=O)c1ccc(NC(=O)c2ccc(-c3nn(C)c(=O)c4ccccc34)cc2)cc1. The fourth-order valence-electron chi connectivity index (χ4n) is 3.45. The topological polar surface area (TPSA) is 84.3 Å². The number of carbonyl (C=O) groups is 2. The minimum atomic E-state index is -0.262. The summed E-state index contributed by atoms with van der Waals surface area (Å²) in [4.78, 5) is 38.5. The monoisotopic (exact) mass is 426 g/mol. The van der Waals surface area contributed by atoms with Crippen LogP contribution in [-0.4, -0.2) is 40.6 Å². The number of nitrogens with one attached hydrogen (secondary N) is 1.